The van der Waals surface area contributed by atoms with Crippen molar-refractivity contribution in [3.63, 3.8) is 0 Å². The van der Waals surface area contributed by atoms with Crippen molar-refractivity contribution >= 4 is 5.91 Å². The third-order valence-electron chi connectivity index (χ3n) is 5.16. The molecular weight excluding hydrogens is 351 g/mol. The van der Waals surface area contributed by atoms with E-state index in [1.54, 1.807) is 12.1 Å². The maximum Gasteiger partial charge on any atom is 0.252 e. The molecule has 0 radical (unpaired) electrons. The van der Waals surface area contributed by atoms with Gasteiger partial charge in [-0.05, 0) is 41.3 Å². The third-order valence-corrected chi connectivity index (χ3v) is 5.16. The van der Waals surface area contributed by atoms with Crippen molar-refractivity contribution in [1.29, 1.82) is 0 Å². The lowest BCUT2D eigenvalue weighted by atomic mass is 9.99. The summed E-state index contributed by atoms with van der Waals surface area (Å²) < 4.78 is 13.6. The molecule has 3 aromatic rings. The number of rotatable bonds is 5. The predicted molar refractivity (Wildman–Crippen MR) is 109 cm³/mol. The van der Waals surface area contributed by atoms with Gasteiger partial charge in [0, 0.05) is 31.2 Å². The Bertz CT molecular complexity index is 958. The van der Waals surface area contributed by atoms with Crippen LogP contribution >= 0.6 is 0 Å². The first-order chi connectivity index (χ1) is 13.7. The molecule has 1 atom stereocenters. The van der Waals surface area contributed by atoms with Crippen LogP contribution in [0.25, 0.3) is 11.1 Å². The molecule has 1 aliphatic heterocycles. The first-order valence-electron chi connectivity index (χ1n) is 9.61. The van der Waals surface area contributed by atoms with E-state index in [-0.39, 0.29) is 17.8 Å². The summed E-state index contributed by atoms with van der Waals surface area (Å²) in [6.45, 7) is 2.70. The Hall–Kier alpha value is -2.98. The fourth-order valence-electron chi connectivity index (χ4n) is 3.79. The van der Waals surface area contributed by atoms with Crippen LogP contribution in [0.15, 0.2) is 78.9 Å². The van der Waals surface area contributed by atoms with Gasteiger partial charge in [-0.15, -0.1) is 0 Å². The van der Waals surface area contributed by atoms with Crippen molar-refractivity contribution in [2.24, 2.45) is 0 Å². The highest BCUT2D eigenvalue weighted by molar-refractivity contribution is 6.01. The van der Waals surface area contributed by atoms with E-state index in [0.29, 0.717) is 11.1 Å². The van der Waals surface area contributed by atoms with Crippen molar-refractivity contribution in [1.82, 2.24) is 10.2 Å². The fourth-order valence-corrected chi connectivity index (χ4v) is 3.79. The van der Waals surface area contributed by atoms with E-state index in [4.69, 9.17) is 0 Å². The van der Waals surface area contributed by atoms with Gasteiger partial charge in [0.2, 0.25) is 0 Å². The van der Waals surface area contributed by atoms with Crippen LogP contribution in [0, 0.1) is 5.82 Å². The number of nitrogens with one attached hydrogen (secondary N) is 1. The Morgan fingerprint density at radius 1 is 1.00 bits per heavy atom. The highest BCUT2D eigenvalue weighted by Gasteiger charge is 2.25. The van der Waals surface area contributed by atoms with Crippen LogP contribution < -0.4 is 5.32 Å². The van der Waals surface area contributed by atoms with Crippen LogP contribution in [0.2, 0.25) is 0 Å². The molecular formula is C24H23FN2O. The number of benzene rings is 3. The summed E-state index contributed by atoms with van der Waals surface area (Å²) in [5.41, 5.74) is 3.32. The molecule has 1 fully saturated rings. The molecule has 4 rings (SSSR count). The summed E-state index contributed by atoms with van der Waals surface area (Å²) in [5, 5.41) is 3.16. The van der Waals surface area contributed by atoms with Crippen molar-refractivity contribution in [2.75, 3.05) is 13.1 Å². The molecule has 1 saturated heterocycles. The SMILES string of the molecule is O=C(NC1CCN(Cc2ccccc2)C1)c1ccccc1-c1cccc(F)c1. The number of halogens is 1. The van der Waals surface area contributed by atoms with E-state index in [0.717, 1.165) is 31.6 Å². The van der Waals surface area contributed by atoms with Crippen LogP contribution in [0.5, 0.6) is 0 Å². The van der Waals surface area contributed by atoms with Crippen LogP contribution in [0.1, 0.15) is 22.3 Å². The van der Waals surface area contributed by atoms with E-state index in [9.17, 15) is 9.18 Å². The zero-order chi connectivity index (χ0) is 19.3. The standard InChI is InChI=1S/C24H23FN2O/c25-20-10-6-9-19(15-20)22-11-4-5-12-23(22)24(28)26-21-13-14-27(17-21)16-18-7-2-1-3-8-18/h1-12,15,21H,13-14,16-17H2,(H,26,28). The summed E-state index contributed by atoms with van der Waals surface area (Å²) in [6.07, 6.45) is 0.931. The van der Waals surface area contributed by atoms with Crippen LogP contribution in [0.3, 0.4) is 0 Å². The molecule has 3 aromatic carbocycles. The Kier molecular flexibility index (Phi) is 5.49. The Morgan fingerprint density at radius 3 is 2.61 bits per heavy atom. The molecule has 0 aromatic heterocycles. The molecule has 142 valence electrons. The second-order valence-electron chi connectivity index (χ2n) is 7.24. The van der Waals surface area contributed by atoms with E-state index in [1.807, 2.05) is 42.5 Å². The van der Waals surface area contributed by atoms with Crippen LogP contribution in [-0.2, 0) is 6.54 Å². The Labute approximate surface area is 164 Å². The number of amides is 1. The minimum atomic E-state index is -0.306. The number of hydrogen-bond acceptors (Lipinski definition) is 2. The van der Waals surface area contributed by atoms with E-state index < -0.39 is 0 Å². The lowest BCUT2D eigenvalue weighted by Gasteiger charge is -2.17. The van der Waals surface area contributed by atoms with Crippen LogP contribution in [-0.4, -0.2) is 29.9 Å². The number of likely N-dealkylation sites (tertiary alicyclic amines) is 1. The summed E-state index contributed by atoms with van der Waals surface area (Å²) in [4.78, 5) is 15.3. The zero-order valence-corrected chi connectivity index (χ0v) is 15.6. The van der Waals surface area contributed by atoms with Crippen LogP contribution in [0.4, 0.5) is 4.39 Å². The summed E-state index contributed by atoms with van der Waals surface area (Å²) >= 11 is 0. The lowest BCUT2D eigenvalue weighted by Crippen LogP contribution is -2.37. The Morgan fingerprint density at radius 2 is 1.79 bits per heavy atom. The van der Waals surface area contributed by atoms with Gasteiger partial charge in [-0.1, -0.05) is 60.7 Å². The van der Waals surface area contributed by atoms with Gasteiger partial charge in [-0.2, -0.15) is 0 Å². The van der Waals surface area contributed by atoms with Gasteiger partial charge in [-0.3, -0.25) is 9.69 Å². The summed E-state index contributed by atoms with van der Waals surface area (Å²) in [6, 6.07) is 24.2. The van der Waals surface area contributed by atoms with E-state index >= 15 is 0 Å². The number of hydrogen-bond donors (Lipinski definition) is 1. The van der Waals surface area contributed by atoms with E-state index in [1.165, 1.54) is 17.7 Å². The van der Waals surface area contributed by atoms with Crippen molar-refractivity contribution in [3.05, 3.63) is 95.8 Å². The second-order valence-corrected chi connectivity index (χ2v) is 7.24. The first-order valence-corrected chi connectivity index (χ1v) is 9.61. The molecule has 1 N–H and O–H groups in total. The van der Waals surface area contributed by atoms with Gasteiger partial charge in [-0.25, -0.2) is 4.39 Å². The van der Waals surface area contributed by atoms with Gasteiger partial charge in [0.1, 0.15) is 5.82 Å². The Balaban J connectivity index is 1.44. The minimum absolute atomic E-state index is 0.105. The lowest BCUT2D eigenvalue weighted by molar-refractivity contribution is 0.0938. The average molecular weight is 374 g/mol. The highest BCUT2D eigenvalue weighted by Crippen LogP contribution is 2.25. The molecule has 0 spiro atoms. The molecule has 3 nitrogen and oxygen atoms in total. The molecule has 0 aliphatic carbocycles. The highest BCUT2D eigenvalue weighted by atomic mass is 19.1. The zero-order valence-electron chi connectivity index (χ0n) is 15.6. The monoisotopic (exact) mass is 374 g/mol. The number of carbonyl (C=O) groups is 1. The molecule has 1 unspecified atom stereocenters. The normalized spacial score (nSPS) is 16.8. The maximum absolute atomic E-state index is 13.6. The molecule has 28 heavy (non-hydrogen) atoms. The topological polar surface area (TPSA) is 32.3 Å². The van der Waals surface area contributed by atoms with Gasteiger partial charge < -0.3 is 5.32 Å². The molecule has 0 bridgehead atoms. The molecule has 0 saturated carbocycles. The molecule has 1 amide bonds. The minimum Gasteiger partial charge on any atom is -0.348 e. The average Bonchev–Trinajstić information content (AvgIpc) is 3.15. The number of nitrogens with zero attached hydrogens (tertiary/aromatic N) is 1. The van der Waals surface area contributed by atoms with Gasteiger partial charge in [0.05, 0.1) is 0 Å². The van der Waals surface area contributed by atoms with Gasteiger partial charge >= 0.3 is 0 Å². The van der Waals surface area contributed by atoms with E-state index in [2.05, 4.69) is 22.3 Å². The molecule has 1 heterocycles. The quantitative estimate of drug-likeness (QED) is 0.713. The first kappa shape index (κ1) is 18.4. The van der Waals surface area contributed by atoms with Gasteiger partial charge in [0.15, 0.2) is 0 Å². The largest absolute Gasteiger partial charge is 0.348 e. The molecule has 1 aliphatic rings. The second kappa shape index (κ2) is 8.36. The van der Waals surface area contributed by atoms with Crippen molar-refractivity contribution in [2.45, 2.75) is 19.0 Å². The van der Waals surface area contributed by atoms with Gasteiger partial charge in [0.25, 0.3) is 5.91 Å². The predicted octanol–water partition coefficient (Wildman–Crippen LogP) is 4.50. The summed E-state index contributed by atoms with van der Waals surface area (Å²) in [7, 11) is 0. The smallest absolute Gasteiger partial charge is 0.252 e. The number of carbonyl (C=O) groups excluding carboxylic acids is 1. The van der Waals surface area contributed by atoms with Crippen molar-refractivity contribution < 1.29 is 9.18 Å². The fraction of sp³-hybridized carbons (Fsp3) is 0.208. The maximum atomic E-state index is 13.6. The third kappa shape index (κ3) is 4.29. The summed E-state index contributed by atoms with van der Waals surface area (Å²) in [5.74, 6) is -0.411. The molecule has 4 heteroatoms. The van der Waals surface area contributed by atoms with Crippen molar-refractivity contribution in [3.8, 4) is 11.1 Å².